The molecule has 7 nitrogen and oxygen atoms in total. The lowest BCUT2D eigenvalue weighted by Gasteiger charge is -2.37. The highest BCUT2D eigenvalue weighted by Crippen LogP contribution is 2.35. The van der Waals surface area contributed by atoms with Gasteiger partial charge < -0.3 is 5.32 Å². The summed E-state index contributed by atoms with van der Waals surface area (Å²) in [6.45, 7) is 2.77. The number of carbonyl (C=O) groups is 1. The van der Waals surface area contributed by atoms with Crippen molar-refractivity contribution in [2.75, 3.05) is 20.1 Å². The molecule has 2 fully saturated rings. The first-order chi connectivity index (χ1) is 13.4. The highest BCUT2D eigenvalue weighted by Gasteiger charge is 2.47. The highest BCUT2D eigenvalue weighted by atomic mass is 32.2. The molecule has 0 aromatic heterocycles. The number of carbonyl (C=O) groups excluding carboxylic acids is 1. The van der Waals surface area contributed by atoms with Gasteiger partial charge in [0.2, 0.25) is 15.9 Å². The molecule has 2 aliphatic carbocycles. The van der Waals surface area contributed by atoms with Crippen LogP contribution in [-0.4, -0.2) is 50.1 Å². The van der Waals surface area contributed by atoms with Crippen LogP contribution in [-0.2, 0) is 21.2 Å². The van der Waals surface area contributed by atoms with Crippen molar-refractivity contribution < 1.29 is 13.2 Å². The number of likely N-dealkylation sites (N-methyl/N-ethyl adjacent to an activating group) is 1. The van der Waals surface area contributed by atoms with Crippen molar-refractivity contribution in [3.8, 4) is 0 Å². The minimum absolute atomic E-state index is 0.0282. The van der Waals surface area contributed by atoms with Gasteiger partial charge in [-0.05, 0) is 48.6 Å². The van der Waals surface area contributed by atoms with Gasteiger partial charge in [-0.1, -0.05) is 31.2 Å². The minimum Gasteiger partial charge on any atom is -0.348 e. The van der Waals surface area contributed by atoms with Crippen LogP contribution in [0.2, 0.25) is 0 Å². The first kappa shape index (κ1) is 19.8. The molecule has 5 atom stereocenters. The van der Waals surface area contributed by atoms with E-state index in [4.69, 9.17) is 0 Å². The molecule has 1 amide bonds. The zero-order valence-electron chi connectivity index (χ0n) is 16.5. The zero-order valence-corrected chi connectivity index (χ0v) is 17.3. The van der Waals surface area contributed by atoms with Crippen molar-refractivity contribution in [3.63, 3.8) is 0 Å². The van der Waals surface area contributed by atoms with E-state index in [1.165, 1.54) is 16.9 Å². The van der Waals surface area contributed by atoms with E-state index in [0.717, 1.165) is 31.4 Å². The van der Waals surface area contributed by atoms with Gasteiger partial charge in [-0.3, -0.25) is 15.6 Å². The number of nitrogens with zero attached hydrogens (tertiary/aromatic N) is 1. The van der Waals surface area contributed by atoms with Crippen molar-refractivity contribution in [2.24, 2.45) is 11.8 Å². The molecule has 3 aliphatic rings. The fraction of sp³-hybridized carbons (Fsp3) is 0.650. The molecule has 1 aromatic carbocycles. The molecule has 1 saturated heterocycles. The van der Waals surface area contributed by atoms with E-state index in [9.17, 15) is 13.2 Å². The maximum Gasteiger partial charge on any atom is 0.235 e. The number of fused-ring (bicyclic) bond motifs is 2. The Morgan fingerprint density at radius 3 is 2.89 bits per heavy atom. The van der Waals surface area contributed by atoms with Crippen molar-refractivity contribution >= 4 is 15.9 Å². The van der Waals surface area contributed by atoms with E-state index in [0.29, 0.717) is 18.3 Å². The Labute approximate surface area is 167 Å². The second-order valence-corrected chi connectivity index (χ2v) is 10.8. The van der Waals surface area contributed by atoms with Gasteiger partial charge >= 0.3 is 0 Å². The number of rotatable bonds is 5. The third kappa shape index (κ3) is 3.70. The predicted molar refractivity (Wildman–Crippen MR) is 108 cm³/mol. The molecule has 8 heteroatoms. The number of nitrogens with one attached hydrogen (secondary N) is 3. The molecule has 0 spiro atoms. The van der Waals surface area contributed by atoms with Gasteiger partial charge in [-0.15, -0.1) is 0 Å². The van der Waals surface area contributed by atoms with Gasteiger partial charge in [0.05, 0.1) is 17.8 Å². The summed E-state index contributed by atoms with van der Waals surface area (Å²) < 4.78 is 27.7. The molecule has 4 rings (SSSR count). The van der Waals surface area contributed by atoms with Crippen LogP contribution < -0.4 is 16.2 Å². The van der Waals surface area contributed by atoms with Crippen molar-refractivity contribution in [1.82, 2.24) is 20.5 Å². The second kappa shape index (κ2) is 7.74. The van der Waals surface area contributed by atoms with E-state index < -0.39 is 15.3 Å². The van der Waals surface area contributed by atoms with Crippen LogP contribution in [0.3, 0.4) is 0 Å². The van der Waals surface area contributed by atoms with Gasteiger partial charge in [0.1, 0.15) is 0 Å². The maximum absolute atomic E-state index is 13.2. The minimum atomic E-state index is -3.57. The molecule has 0 radical (unpaired) electrons. The van der Waals surface area contributed by atoms with E-state index in [-0.39, 0.29) is 24.5 Å². The SMILES string of the molecule is CC1CC2CNNC2C(S(=O)(=O)N(C)CC(=O)N[C@H]2CCc3ccccc32)C1. The topological polar surface area (TPSA) is 90.5 Å². The Kier molecular flexibility index (Phi) is 5.48. The standard InChI is InChI=1S/C20H30N4O3S/c1-13-9-15-11-21-23-20(15)18(10-13)28(26,27)24(2)12-19(25)22-17-8-7-14-5-3-4-6-16(14)17/h3-6,13,15,17-18,20-21,23H,7-12H2,1-2H3,(H,22,25)/t13?,15?,17-,18?,20?/m0/s1. The van der Waals surface area contributed by atoms with Crippen molar-refractivity contribution in [3.05, 3.63) is 35.4 Å². The summed E-state index contributed by atoms with van der Waals surface area (Å²) >= 11 is 0. The highest BCUT2D eigenvalue weighted by molar-refractivity contribution is 7.89. The van der Waals surface area contributed by atoms with E-state index in [1.54, 1.807) is 0 Å². The second-order valence-electron chi connectivity index (χ2n) is 8.58. The first-order valence-corrected chi connectivity index (χ1v) is 11.7. The smallest absolute Gasteiger partial charge is 0.235 e. The maximum atomic E-state index is 13.2. The Balaban J connectivity index is 1.41. The number of hydrazine groups is 1. The normalized spacial score (nSPS) is 32.2. The molecular weight excluding hydrogens is 376 g/mol. The van der Waals surface area contributed by atoms with E-state index >= 15 is 0 Å². The van der Waals surface area contributed by atoms with Crippen LogP contribution in [0.5, 0.6) is 0 Å². The van der Waals surface area contributed by atoms with Gasteiger partial charge in [0.25, 0.3) is 0 Å². The predicted octanol–water partition coefficient (Wildman–Crippen LogP) is 0.943. The number of aryl methyl sites for hydroxylation is 1. The quantitative estimate of drug-likeness (QED) is 0.677. The van der Waals surface area contributed by atoms with Crippen LogP contribution in [0.25, 0.3) is 0 Å². The molecule has 3 N–H and O–H groups in total. The van der Waals surface area contributed by atoms with Gasteiger partial charge in [-0.25, -0.2) is 8.42 Å². The van der Waals surface area contributed by atoms with Crippen LogP contribution in [0.15, 0.2) is 24.3 Å². The van der Waals surface area contributed by atoms with E-state index in [2.05, 4.69) is 29.2 Å². The lowest BCUT2D eigenvalue weighted by Crippen LogP contribution is -2.54. The largest absolute Gasteiger partial charge is 0.348 e. The summed E-state index contributed by atoms with van der Waals surface area (Å²) in [6.07, 6.45) is 3.46. The van der Waals surface area contributed by atoms with Crippen LogP contribution in [0, 0.1) is 11.8 Å². The van der Waals surface area contributed by atoms with Gasteiger partial charge in [0, 0.05) is 19.6 Å². The average Bonchev–Trinajstić information content (AvgIpc) is 3.28. The zero-order chi connectivity index (χ0) is 19.9. The number of amides is 1. The molecule has 1 saturated carbocycles. The number of hydrogen-bond donors (Lipinski definition) is 3. The summed E-state index contributed by atoms with van der Waals surface area (Å²) in [6, 6.07) is 7.99. The fourth-order valence-corrected chi connectivity index (χ4v) is 7.10. The average molecular weight is 407 g/mol. The summed E-state index contributed by atoms with van der Waals surface area (Å²) in [7, 11) is -2.05. The third-order valence-corrected chi connectivity index (χ3v) is 8.78. The molecule has 0 bridgehead atoms. The van der Waals surface area contributed by atoms with Crippen molar-refractivity contribution in [1.29, 1.82) is 0 Å². The lowest BCUT2D eigenvalue weighted by atomic mass is 9.79. The summed E-state index contributed by atoms with van der Waals surface area (Å²) in [5.74, 6) is 0.436. The Morgan fingerprint density at radius 1 is 1.29 bits per heavy atom. The summed E-state index contributed by atoms with van der Waals surface area (Å²) in [5.41, 5.74) is 8.67. The Bertz CT molecular complexity index is 844. The van der Waals surface area contributed by atoms with Gasteiger partial charge in [0.15, 0.2) is 0 Å². The lowest BCUT2D eigenvalue weighted by molar-refractivity contribution is -0.121. The van der Waals surface area contributed by atoms with Crippen LogP contribution >= 0.6 is 0 Å². The monoisotopic (exact) mass is 406 g/mol. The number of hydrogen-bond acceptors (Lipinski definition) is 5. The molecule has 28 heavy (non-hydrogen) atoms. The van der Waals surface area contributed by atoms with Gasteiger partial charge in [-0.2, -0.15) is 4.31 Å². The Morgan fingerprint density at radius 2 is 2.07 bits per heavy atom. The first-order valence-electron chi connectivity index (χ1n) is 10.2. The number of sulfonamides is 1. The summed E-state index contributed by atoms with van der Waals surface area (Å²) in [5, 5.41) is 2.52. The molecule has 4 unspecified atom stereocenters. The molecular formula is C20H30N4O3S. The summed E-state index contributed by atoms with van der Waals surface area (Å²) in [4.78, 5) is 12.6. The van der Waals surface area contributed by atoms with Crippen LogP contribution in [0.4, 0.5) is 0 Å². The molecule has 154 valence electrons. The molecule has 1 heterocycles. The fourth-order valence-electron chi connectivity index (χ4n) is 5.11. The third-order valence-electron chi connectivity index (χ3n) is 6.53. The van der Waals surface area contributed by atoms with Crippen LogP contribution in [0.1, 0.15) is 43.4 Å². The Hall–Kier alpha value is -1.48. The number of benzene rings is 1. The molecule has 1 aromatic rings. The van der Waals surface area contributed by atoms with E-state index in [1.807, 2.05) is 18.2 Å². The van der Waals surface area contributed by atoms with Crippen molar-refractivity contribution in [2.45, 2.75) is 49.9 Å². The molecule has 1 aliphatic heterocycles.